The van der Waals surface area contributed by atoms with Crippen LogP contribution < -0.4 is 10.1 Å². The summed E-state index contributed by atoms with van der Waals surface area (Å²) in [6, 6.07) is 4.03. The van der Waals surface area contributed by atoms with Crippen LogP contribution in [-0.4, -0.2) is 49.1 Å². The van der Waals surface area contributed by atoms with Crippen molar-refractivity contribution in [2.75, 3.05) is 11.5 Å². The summed E-state index contributed by atoms with van der Waals surface area (Å²) >= 11 is 0. The fourth-order valence-electron chi connectivity index (χ4n) is 2.33. The second-order valence-electron chi connectivity index (χ2n) is 5.65. The Morgan fingerprint density at radius 3 is 2.65 bits per heavy atom. The molecule has 0 aromatic heterocycles. The van der Waals surface area contributed by atoms with Crippen LogP contribution in [0.15, 0.2) is 18.2 Å². The van der Waals surface area contributed by atoms with Crippen LogP contribution in [0.2, 0.25) is 0 Å². The molecule has 1 aliphatic heterocycles. The molecule has 8 heteroatoms. The molecule has 0 radical (unpaired) electrons. The lowest BCUT2D eigenvalue weighted by atomic mass is 10.1. The van der Waals surface area contributed by atoms with Crippen LogP contribution >= 0.6 is 0 Å². The van der Waals surface area contributed by atoms with Crippen molar-refractivity contribution in [2.45, 2.75) is 32.4 Å². The second kappa shape index (κ2) is 6.57. The summed E-state index contributed by atoms with van der Waals surface area (Å²) in [5.41, 5.74) is 0.776. The first-order valence-corrected chi connectivity index (χ1v) is 9.01. The average Bonchev–Trinajstić information content (AvgIpc) is 2.79. The molecular formula is C15H19NO6S. The fourth-order valence-corrected chi connectivity index (χ4v) is 4.00. The Labute approximate surface area is 134 Å². The summed E-state index contributed by atoms with van der Waals surface area (Å²) < 4.78 is 28.3. The number of sulfone groups is 1. The van der Waals surface area contributed by atoms with E-state index in [0.717, 1.165) is 0 Å². The summed E-state index contributed by atoms with van der Waals surface area (Å²) in [6.07, 6.45) is -0.463. The lowest BCUT2D eigenvalue weighted by Gasteiger charge is -2.18. The molecule has 1 fully saturated rings. The molecule has 7 nitrogen and oxygen atoms in total. The molecule has 2 N–H and O–H groups in total. The number of carboxylic acid groups (broad SMARTS) is 1. The smallest absolute Gasteiger partial charge is 0.335 e. The van der Waals surface area contributed by atoms with Crippen molar-refractivity contribution >= 4 is 21.7 Å². The quantitative estimate of drug-likeness (QED) is 0.818. The highest BCUT2D eigenvalue weighted by Gasteiger charge is 2.30. The summed E-state index contributed by atoms with van der Waals surface area (Å²) in [5.74, 6) is -1.17. The van der Waals surface area contributed by atoms with Gasteiger partial charge in [0, 0.05) is 6.04 Å². The van der Waals surface area contributed by atoms with E-state index in [1.807, 2.05) is 0 Å². The van der Waals surface area contributed by atoms with E-state index < -0.39 is 33.9 Å². The first-order chi connectivity index (χ1) is 10.7. The topological polar surface area (TPSA) is 110 Å². The molecule has 0 unspecified atom stereocenters. The molecule has 1 aromatic carbocycles. The number of amides is 1. The minimum absolute atomic E-state index is 0.0566. The maximum atomic E-state index is 12.1. The Morgan fingerprint density at radius 2 is 2.09 bits per heavy atom. The highest BCUT2D eigenvalue weighted by molar-refractivity contribution is 7.91. The number of carbonyl (C=O) groups is 2. The third-order valence-corrected chi connectivity index (χ3v) is 5.45. The molecule has 23 heavy (non-hydrogen) atoms. The van der Waals surface area contributed by atoms with Gasteiger partial charge >= 0.3 is 5.97 Å². The monoisotopic (exact) mass is 341 g/mol. The van der Waals surface area contributed by atoms with Gasteiger partial charge in [-0.25, -0.2) is 13.2 Å². The first kappa shape index (κ1) is 17.3. The van der Waals surface area contributed by atoms with E-state index in [0.29, 0.717) is 17.7 Å². The molecule has 0 spiro atoms. The van der Waals surface area contributed by atoms with Crippen LogP contribution in [-0.2, 0) is 14.6 Å². The van der Waals surface area contributed by atoms with Crippen molar-refractivity contribution in [2.24, 2.45) is 0 Å². The second-order valence-corrected chi connectivity index (χ2v) is 7.88. The number of rotatable bonds is 5. The van der Waals surface area contributed by atoms with Gasteiger partial charge in [-0.2, -0.15) is 0 Å². The van der Waals surface area contributed by atoms with E-state index in [1.54, 1.807) is 13.0 Å². The predicted octanol–water partition coefficient (Wildman–Crippen LogP) is 0.764. The number of ether oxygens (including phenoxy) is 1. The van der Waals surface area contributed by atoms with Gasteiger partial charge < -0.3 is 15.2 Å². The van der Waals surface area contributed by atoms with Crippen molar-refractivity contribution in [1.82, 2.24) is 5.32 Å². The van der Waals surface area contributed by atoms with E-state index in [4.69, 9.17) is 9.84 Å². The van der Waals surface area contributed by atoms with Crippen LogP contribution in [0.5, 0.6) is 5.75 Å². The zero-order valence-electron chi connectivity index (χ0n) is 12.9. The highest BCUT2D eigenvalue weighted by Crippen LogP contribution is 2.21. The Balaban J connectivity index is 2.01. The molecule has 1 amide bonds. The summed E-state index contributed by atoms with van der Waals surface area (Å²) in [6.45, 7) is 3.28. The van der Waals surface area contributed by atoms with Crippen molar-refractivity contribution in [3.63, 3.8) is 0 Å². The third kappa shape index (κ3) is 4.44. The van der Waals surface area contributed by atoms with Crippen LogP contribution in [0.4, 0.5) is 0 Å². The molecule has 1 saturated heterocycles. The normalized spacial score (nSPS) is 20.7. The number of aryl methyl sites for hydroxylation is 1. The number of carboxylic acids is 1. The van der Waals surface area contributed by atoms with Gasteiger partial charge in [-0.3, -0.25) is 4.79 Å². The molecule has 1 heterocycles. The SMILES string of the molecule is Cc1ccc(C(=O)O)cc1O[C@@H](C)C(=O)N[C@@H]1CCS(=O)(=O)C1. The zero-order valence-corrected chi connectivity index (χ0v) is 13.7. The van der Waals surface area contributed by atoms with Crippen LogP contribution in [0.25, 0.3) is 0 Å². The molecule has 1 aromatic rings. The summed E-state index contributed by atoms with van der Waals surface area (Å²) in [5, 5.41) is 11.6. The fraction of sp³-hybridized carbons (Fsp3) is 0.467. The van der Waals surface area contributed by atoms with Gasteiger partial charge in [-0.1, -0.05) is 6.07 Å². The van der Waals surface area contributed by atoms with Crippen molar-refractivity contribution in [3.05, 3.63) is 29.3 Å². The van der Waals surface area contributed by atoms with E-state index in [9.17, 15) is 18.0 Å². The van der Waals surface area contributed by atoms with Crippen LogP contribution in [0.1, 0.15) is 29.3 Å². The number of carbonyl (C=O) groups excluding carboxylic acids is 1. The molecular weight excluding hydrogens is 322 g/mol. The maximum Gasteiger partial charge on any atom is 0.335 e. The molecule has 0 aliphatic carbocycles. The Morgan fingerprint density at radius 1 is 1.39 bits per heavy atom. The van der Waals surface area contributed by atoms with Gasteiger partial charge in [-0.15, -0.1) is 0 Å². The van der Waals surface area contributed by atoms with E-state index in [1.165, 1.54) is 19.1 Å². The van der Waals surface area contributed by atoms with E-state index >= 15 is 0 Å². The molecule has 1 aliphatic rings. The number of benzene rings is 1. The maximum absolute atomic E-state index is 12.1. The van der Waals surface area contributed by atoms with Crippen LogP contribution in [0.3, 0.4) is 0 Å². The molecule has 0 saturated carbocycles. The largest absolute Gasteiger partial charge is 0.481 e. The Bertz CT molecular complexity index is 727. The number of nitrogens with one attached hydrogen (secondary N) is 1. The van der Waals surface area contributed by atoms with E-state index in [2.05, 4.69) is 5.32 Å². The Hall–Kier alpha value is -2.09. The number of hydrogen-bond acceptors (Lipinski definition) is 5. The Kier molecular flexibility index (Phi) is 4.93. The standard InChI is InChI=1S/C15H19NO6S/c1-9-3-4-11(15(18)19)7-13(9)22-10(2)14(17)16-12-5-6-23(20,21)8-12/h3-4,7,10,12H,5-6,8H2,1-2H3,(H,16,17)(H,18,19)/t10-,12+/m0/s1. The van der Waals surface area contributed by atoms with Crippen molar-refractivity contribution in [3.8, 4) is 5.75 Å². The summed E-state index contributed by atoms with van der Waals surface area (Å²) in [7, 11) is -3.07. The number of hydrogen-bond donors (Lipinski definition) is 2. The highest BCUT2D eigenvalue weighted by atomic mass is 32.2. The van der Waals surface area contributed by atoms with Gasteiger partial charge in [0.05, 0.1) is 17.1 Å². The van der Waals surface area contributed by atoms with Crippen molar-refractivity contribution < 1.29 is 27.9 Å². The molecule has 126 valence electrons. The van der Waals surface area contributed by atoms with Gasteiger partial charge in [-0.05, 0) is 38.0 Å². The predicted molar refractivity (Wildman–Crippen MR) is 83.4 cm³/mol. The van der Waals surface area contributed by atoms with Gasteiger partial charge in [0.15, 0.2) is 15.9 Å². The van der Waals surface area contributed by atoms with E-state index in [-0.39, 0.29) is 17.1 Å². The van der Waals surface area contributed by atoms with Crippen LogP contribution in [0, 0.1) is 6.92 Å². The average molecular weight is 341 g/mol. The van der Waals surface area contributed by atoms with Gasteiger partial charge in [0.2, 0.25) is 0 Å². The summed E-state index contributed by atoms with van der Waals surface area (Å²) in [4.78, 5) is 23.1. The van der Waals surface area contributed by atoms with Crippen molar-refractivity contribution in [1.29, 1.82) is 0 Å². The number of aromatic carboxylic acids is 1. The van der Waals surface area contributed by atoms with Gasteiger partial charge in [0.25, 0.3) is 5.91 Å². The molecule has 0 bridgehead atoms. The zero-order chi connectivity index (χ0) is 17.2. The van der Waals surface area contributed by atoms with Gasteiger partial charge in [0.1, 0.15) is 5.75 Å². The molecule has 2 rings (SSSR count). The first-order valence-electron chi connectivity index (χ1n) is 7.19. The minimum Gasteiger partial charge on any atom is -0.481 e. The lowest BCUT2D eigenvalue weighted by Crippen LogP contribution is -2.43. The molecule has 2 atom stereocenters. The lowest BCUT2D eigenvalue weighted by molar-refractivity contribution is -0.127. The third-order valence-electron chi connectivity index (χ3n) is 3.69. The minimum atomic E-state index is -3.07.